The minimum absolute atomic E-state index is 1.08. The van der Waals surface area contributed by atoms with Gasteiger partial charge in [0.05, 0.1) is 22.4 Å². The van der Waals surface area contributed by atoms with Crippen LogP contribution >= 0.6 is 0 Å². The Bertz CT molecular complexity index is 3610. The van der Waals surface area contributed by atoms with Gasteiger partial charge in [-0.3, -0.25) is 0 Å². The molecule has 1 aromatic heterocycles. The van der Waals surface area contributed by atoms with Crippen LogP contribution in [0.2, 0.25) is 0 Å². The van der Waals surface area contributed by atoms with Crippen LogP contribution < -0.4 is 4.90 Å². The Balaban J connectivity index is 1.01. The number of hydrogen-bond acceptors (Lipinski definition) is 1. The zero-order valence-electron chi connectivity index (χ0n) is 35.1. The summed E-state index contributed by atoms with van der Waals surface area (Å²) in [6.45, 7) is 0. The van der Waals surface area contributed by atoms with Gasteiger partial charge in [-0.1, -0.05) is 194 Å². The first-order valence-corrected chi connectivity index (χ1v) is 22.0. The van der Waals surface area contributed by atoms with Gasteiger partial charge >= 0.3 is 0 Å². The lowest BCUT2D eigenvalue weighted by Crippen LogP contribution is -2.11. The Hall–Kier alpha value is -8.46. The molecule has 0 fully saturated rings. The first-order valence-electron chi connectivity index (χ1n) is 22.0. The highest BCUT2D eigenvalue weighted by Gasteiger charge is 2.21. The Morgan fingerprint density at radius 2 is 0.812 bits per heavy atom. The van der Waals surface area contributed by atoms with Crippen molar-refractivity contribution < 1.29 is 0 Å². The molecule has 1 heterocycles. The molecule has 0 aliphatic heterocycles. The van der Waals surface area contributed by atoms with Crippen molar-refractivity contribution in [2.75, 3.05) is 4.90 Å². The molecule has 11 aromatic carbocycles. The van der Waals surface area contributed by atoms with Crippen molar-refractivity contribution in [3.8, 4) is 50.2 Å². The molecule has 0 aliphatic carbocycles. The van der Waals surface area contributed by atoms with E-state index in [2.05, 4.69) is 264 Å². The molecule has 0 atom stereocenters. The number of nitrogens with zero attached hydrogens (tertiary/aromatic N) is 2. The van der Waals surface area contributed by atoms with Crippen LogP contribution in [0.4, 0.5) is 17.1 Å². The smallest absolute Gasteiger partial charge is 0.0541 e. The van der Waals surface area contributed by atoms with Gasteiger partial charge in [-0.05, 0) is 116 Å². The molecule has 0 spiro atoms. The third kappa shape index (κ3) is 6.52. The van der Waals surface area contributed by atoms with Crippen LogP contribution in [0.5, 0.6) is 0 Å². The molecule has 0 aliphatic rings. The minimum atomic E-state index is 1.08. The Kier molecular flexibility index (Phi) is 9.20. The molecule has 0 amide bonds. The van der Waals surface area contributed by atoms with Gasteiger partial charge in [0.25, 0.3) is 0 Å². The zero-order valence-corrected chi connectivity index (χ0v) is 35.1. The van der Waals surface area contributed by atoms with Crippen molar-refractivity contribution in [1.29, 1.82) is 0 Å². The first-order chi connectivity index (χ1) is 31.7. The van der Waals surface area contributed by atoms with Gasteiger partial charge in [0.2, 0.25) is 0 Å². The van der Waals surface area contributed by atoms with Crippen molar-refractivity contribution in [2.24, 2.45) is 0 Å². The Morgan fingerprint density at radius 1 is 0.266 bits per heavy atom. The molecule has 300 valence electrons. The highest BCUT2D eigenvalue weighted by atomic mass is 15.1. The zero-order chi connectivity index (χ0) is 42.4. The topological polar surface area (TPSA) is 8.17 Å². The molecular formula is C62H42N2. The van der Waals surface area contributed by atoms with Gasteiger partial charge in [0.1, 0.15) is 0 Å². The summed E-state index contributed by atoms with van der Waals surface area (Å²) >= 11 is 0. The fourth-order valence-corrected chi connectivity index (χ4v) is 9.72. The van der Waals surface area contributed by atoms with E-state index in [1.165, 1.54) is 82.3 Å². The molecule has 0 radical (unpaired) electrons. The summed E-state index contributed by atoms with van der Waals surface area (Å²) in [4.78, 5) is 2.42. The van der Waals surface area contributed by atoms with Gasteiger partial charge in [-0.25, -0.2) is 0 Å². The van der Waals surface area contributed by atoms with Crippen LogP contribution in [-0.4, -0.2) is 4.57 Å². The molecule has 64 heavy (non-hydrogen) atoms. The highest BCUT2D eigenvalue weighted by molar-refractivity contribution is 6.10. The number of rotatable bonds is 8. The van der Waals surface area contributed by atoms with Crippen molar-refractivity contribution in [2.45, 2.75) is 0 Å². The first kappa shape index (κ1) is 37.3. The van der Waals surface area contributed by atoms with Crippen LogP contribution in [0.15, 0.2) is 255 Å². The maximum absolute atomic E-state index is 2.43. The summed E-state index contributed by atoms with van der Waals surface area (Å²) in [5, 5.41) is 7.40. The van der Waals surface area contributed by atoms with Gasteiger partial charge in [-0.2, -0.15) is 0 Å². The second kappa shape index (κ2) is 15.8. The van der Waals surface area contributed by atoms with Gasteiger partial charge in [0, 0.05) is 33.1 Å². The molecule has 2 heteroatoms. The highest BCUT2D eigenvalue weighted by Crippen LogP contribution is 2.45. The Morgan fingerprint density at radius 3 is 1.59 bits per heavy atom. The summed E-state index contributed by atoms with van der Waals surface area (Å²) in [6.07, 6.45) is 0. The monoisotopic (exact) mass is 814 g/mol. The largest absolute Gasteiger partial charge is 0.310 e. The van der Waals surface area contributed by atoms with E-state index in [0.29, 0.717) is 0 Å². The van der Waals surface area contributed by atoms with Crippen LogP contribution in [-0.2, 0) is 0 Å². The molecule has 0 saturated heterocycles. The SMILES string of the molecule is c1ccc(-c2cc(N(c3ccc(-c4cccc(-c5ccc6ccccc6c5)c4)cc3)c3cccc4ccccc34)ccc2-c2ccccc2-n2c3ccccc3c3ccccc32)cc1. The standard InChI is InChI=1S/C62H42N2/c1-2-17-46(18-3-1)58-42-52(38-39-54(58)55-25-8-11-28-60(55)64-61-29-12-9-26-56(61)57-27-10-13-30-62(57)64)63(59-31-15-21-45-19-6-7-24-53(45)59)51-36-34-44(35-37-51)48-22-14-23-49(40-48)50-33-32-43-16-4-5-20-47(43)41-50/h1-42H. The third-order valence-electron chi connectivity index (χ3n) is 12.8. The number of para-hydroxylation sites is 3. The van der Waals surface area contributed by atoms with E-state index in [1.807, 2.05) is 0 Å². The molecular weight excluding hydrogens is 773 g/mol. The minimum Gasteiger partial charge on any atom is -0.310 e. The summed E-state index contributed by atoms with van der Waals surface area (Å²) in [5.41, 5.74) is 16.3. The van der Waals surface area contributed by atoms with E-state index < -0.39 is 0 Å². The fourth-order valence-electron chi connectivity index (χ4n) is 9.72. The van der Waals surface area contributed by atoms with Crippen LogP contribution in [0.3, 0.4) is 0 Å². The van der Waals surface area contributed by atoms with Crippen molar-refractivity contribution in [3.05, 3.63) is 255 Å². The van der Waals surface area contributed by atoms with E-state index in [0.717, 1.165) is 28.3 Å². The number of fused-ring (bicyclic) bond motifs is 5. The van der Waals surface area contributed by atoms with Gasteiger partial charge in [0.15, 0.2) is 0 Å². The molecule has 0 saturated carbocycles. The van der Waals surface area contributed by atoms with E-state index >= 15 is 0 Å². The molecule has 0 N–H and O–H groups in total. The second-order valence-electron chi connectivity index (χ2n) is 16.5. The quantitative estimate of drug-likeness (QED) is 0.148. The Labute approximate surface area is 373 Å². The second-order valence-corrected chi connectivity index (χ2v) is 16.5. The fraction of sp³-hybridized carbons (Fsp3) is 0. The van der Waals surface area contributed by atoms with E-state index in [4.69, 9.17) is 0 Å². The lowest BCUT2D eigenvalue weighted by Gasteiger charge is -2.28. The van der Waals surface area contributed by atoms with Gasteiger partial charge in [-0.15, -0.1) is 0 Å². The molecule has 2 nitrogen and oxygen atoms in total. The molecule has 0 unspecified atom stereocenters. The van der Waals surface area contributed by atoms with Crippen LogP contribution in [0, 0.1) is 0 Å². The number of anilines is 3. The predicted molar refractivity (Wildman–Crippen MR) is 272 cm³/mol. The van der Waals surface area contributed by atoms with Crippen LogP contribution in [0.1, 0.15) is 0 Å². The number of benzene rings is 11. The molecule has 12 aromatic rings. The van der Waals surface area contributed by atoms with E-state index in [1.54, 1.807) is 0 Å². The van der Waals surface area contributed by atoms with E-state index in [9.17, 15) is 0 Å². The van der Waals surface area contributed by atoms with Crippen molar-refractivity contribution in [1.82, 2.24) is 4.57 Å². The average molecular weight is 815 g/mol. The summed E-state index contributed by atoms with van der Waals surface area (Å²) in [7, 11) is 0. The maximum atomic E-state index is 2.43. The molecule has 12 rings (SSSR count). The van der Waals surface area contributed by atoms with Crippen molar-refractivity contribution >= 4 is 60.4 Å². The lowest BCUT2D eigenvalue weighted by molar-refractivity contribution is 1.18. The number of aromatic nitrogens is 1. The maximum Gasteiger partial charge on any atom is 0.0541 e. The van der Waals surface area contributed by atoms with E-state index in [-0.39, 0.29) is 0 Å². The van der Waals surface area contributed by atoms with Gasteiger partial charge < -0.3 is 9.47 Å². The normalized spacial score (nSPS) is 11.4. The summed E-state index contributed by atoms with van der Waals surface area (Å²) in [5.74, 6) is 0. The number of hydrogen-bond donors (Lipinski definition) is 0. The molecule has 0 bridgehead atoms. The van der Waals surface area contributed by atoms with Crippen LogP contribution in [0.25, 0.3) is 93.5 Å². The summed E-state index contributed by atoms with van der Waals surface area (Å²) in [6, 6.07) is 92.8. The third-order valence-corrected chi connectivity index (χ3v) is 12.8. The predicted octanol–water partition coefficient (Wildman–Crippen LogP) is 17.2. The average Bonchev–Trinajstić information content (AvgIpc) is 3.71. The van der Waals surface area contributed by atoms with Crippen molar-refractivity contribution in [3.63, 3.8) is 0 Å². The lowest BCUT2D eigenvalue weighted by atomic mass is 9.92. The summed E-state index contributed by atoms with van der Waals surface area (Å²) < 4.78 is 2.43.